The van der Waals surface area contributed by atoms with Gasteiger partial charge in [-0.05, 0) is 79.5 Å². The highest BCUT2D eigenvalue weighted by Crippen LogP contribution is 2.30. The maximum absolute atomic E-state index is 13.7. The van der Waals surface area contributed by atoms with Gasteiger partial charge in [-0.25, -0.2) is 4.79 Å². The van der Waals surface area contributed by atoms with E-state index in [4.69, 9.17) is 9.47 Å². The molecule has 3 aliphatic rings. The molecule has 0 saturated carbocycles. The summed E-state index contributed by atoms with van der Waals surface area (Å²) in [5.41, 5.74) is 5.30. The van der Waals surface area contributed by atoms with Crippen molar-refractivity contribution in [1.29, 1.82) is 0 Å². The van der Waals surface area contributed by atoms with Crippen LogP contribution in [0.1, 0.15) is 65.0 Å². The standard InChI is InChI=1S/C41H57N7O7Si/c1-24(2)26(5)35(46-41(53)55-7)37(50)47-21-19-29(23-47)36(49)42-30-16-13-27(14-17-30)11-12-28-15-18-31-32(22-28)44-39(43-31)56(8)33-10-9-20-48(33)38(51)34(25(3)4)45-40(52)54-6/h13-18,22,24-26,29,33-35,40,43-45,52H,9-10,19-21,23H2,1-8H3,(H,42,49)(H,46,53). The zero-order valence-corrected chi connectivity index (χ0v) is 34.7. The Balaban J connectivity index is 1.17. The molecular formula is C41H57N7O7Si. The molecule has 6 atom stereocenters. The lowest BCUT2D eigenvalue weighted by Gasteiger charge is -2.32. The lowest BCUT2D eigenvalue weighted by atomic mass is 9.89. The number of nitrogens with zero attached hydrogens (tertiary/aromatic N) is 2. The molecule has 15 heteroatoms. The van der Waals surface area contributed by atoms with E-state index < -0.39 is 33.0 Å². The fourth-order valence-corrected chi connectivity index (χ4v) is 9.67. The number of aliphatic hydroxyl groups is 1. The molecule has 6 N–H and O–H groups in total. The zero-order valence-electron chi connectivity index (χ0n) is 33.7. The summed E-state index contributed by atoms with van der Waals surface area (Å²) in [5.74, 6) is 5.72. The van der Waals surface area contributed by atoms with E-state index in [1.807, 2.05) is 82.0 Å². The fourth-order valence-electron chi connectivity index (χ4n) is 7.31. The highest BCUT2D eigenvalue weighted by molar-refractivity contribution is 6.75. The highest BCUT2D eigenvalue weighted by atomic mass is 28.2. The van der Waals surface area contributed by atoms with Crippen LogP contribution in [0.4, 0.5) is 21.9 Å². The van der Waals surface area contributed by atoms with Gasteiger partial charge in [-0.1, -0.05) is 53.0 Å². The quantitative estimate of drug-likeness (QED) is 0.106. The first-order chi connectivity index (χ1) is 26.7. The third-order valence-electron chi connectivity index (χ3n) is 11.1. The van der Waals surface area contributed by atoms with Gasteiger partial charge < -0.3 is 45.6 Å². The molecule has 0 radical (unpaired) electrons. The van der Waals surface area contributed by atoms with Crippen molar-refractivity contribution >= 4 is 54.7 Å². The topological polar surface area (TPSA) is 174 Å². The molecule has 2 saturated heterocycles. The van der Waals surface area contributed by atoms with Gasteiger partial charge in [-0.15, -0.1) is 0 Å². The Labute approximate surface area is 331 Å². The molecule has 302 valence electrons. The van der Waals surface area contributed by atoms with Crippen LogP contribution in [0.25, 0.3) is 0 Å². The molecule has 56 heavy (non-hydrogen) atoms. The molecule has 0 aliphatic carbocycles. The maximum atomic E-state index is 13.7. The number of nitrogens with one attached hydrogen (secondary N) is 5. The lowest BCUT2D eigenvalue weighted by Crippen LogP contribution is -2.56. The largest absolute Gasteiger partial charge is 0.453 e. The number of fused-ring (bicyclic) bond motifs is 1. The van der Waals surface area contributed by atoms with Gasteiger partial charge in [0.15, 0.2) is 0 Å². The van der Waals surface area contributed by atoms with Crippen molar-refractivity contribution in [3.05, 3.63) is 53.6 Å². The normalized spacial score (nSPS) is 20.6. The van der Waals surface area contributed by atoms with E-state index in [1.54, 1.807) is 4.90 Å². The third kappa shape index (κ3) is 10.2. The minimum atomic E-state index is -1.23. The first kappa shape index (κ1) is 42.4. The number of carbonyl (C=O) groups is 4. The molecule has 6 unspecified atom stereocenters. The summed E-state index contributed by atoms with van der Waals surface area (Å²) in [6.07, 6.45) is 0.521. The molecule has 5 rings (SSSR count). The molecular weight excluding hydrogens is 731 g/mol. The third-order valence-corrected chi connectivity index (χ3v) is 13.8. The Morgan fingerprint density at radius 2 is 1.55 bits per heavy atom. The summed E-state index contributed by atoms with van der Waals surface area (Å²) in [6.45, 7) is 13.4. The van der Waals surface area contributed by atoms with Crippen LogP contribution in [0.5, 0.6) is 0 Å². The fraction of sp³-hybridized carbons (Fsp3) is 0.537. The molecule has 2 aromatic carbocycles. The lowest BCUT2D eigenvalue weighted by molar-refractivity contribution is -0.143. The predicted octanol–water partition coefficient (Wildman–Crippen LogP) is 3.59. The van der Waals surface area contributed by atoms with Crippen molar-refractivity contribution in [1.82, 2.24) is 20.4 Å². The van der Waals surface area contributed by atoms with E-state index in [2.05, 4.69) is 45.0 Å². The molecule has 2 fully saturated rings. The van der Waals surface area contributed by atoms with Crippen molar-refractivity contribution in [2.24, 2.45) is 23.7 Å². The first-order valence-corrected chi connectivity index (χ1v) is 21.5. The Morgan fingerprint density at radius 3 is 2.21 bits per heavy atom. The molecule has 0 bridgehead atoms. The number of rotatable bonds is 12. The molecule has 2 aromatic rings. The van der Waals surface area contributed by atoms with Crippen LogP contribution in [-0.2, 0) is 23.9 Å². The molecule has 3 heterocycles. The molecule has 0 aromatic heterocycles. The van der Waals surface area contributed by atoms with Crippen LogP contribution >= 0.6 is 0 Å². The number of methoxy groups -OCH3 is 2. The smallest absolute Gasteiger partial charge is 0.407 e. The van der Waals surface area contributed by atoms with Crippen molar-refractivity contribution in [2.75, 3.05) is 49.8 Å². The van der Waals surface area contributed by atoms with Gasteiger partial charge in [0.05, 0.1) is 44.3 Å². The van der Waals surface area contributed by atoms with Crippen LogP contribution in [0.2, 0.25) is 6.55 Å². The number of likely N-dealkylation sites (tertiary alicyclic amines) is 2. The Morgan fingerprint density at radius 1 is 0.875 bits per heavy atom. The van der Waals surface area contributed by atoms with Gasteiger partial charge in [-0.2, -0.15) is 0 Å². The average molecular weight is 788 g/mol. The average Bonchev–Trinajstić information content (AvgIpc) is 3.98. The van der Waals surface area contributed by atoms with Crippen LogP contribution in [0.15, 0.2) is 42.5 Å². The summed E-state index contributed by atoms with van der Waals surface area (Å²) >= 11 is 0. The van der Waals surface area contributed by atoms with E-state index in [0.717, 1.165) is 40.8 Å². The van der Waals surface area contributed by atoms with E-state index in [1.165, 1.54) is 14.2 Å². The summed E-state index contributed by atoms with van der Waals surface area (Å²) in [7, 11) is 1.44. The number of hydrogen-bond donors (Lipinski definition) is 6. The van der Waals surface area contributed by atoms with Gasteiger partial charge in [0.1, 0.15) is 6.04 Å². The zero-order chi connectivity index (χ0) is 40.7. The van der Waals surface area contributed by atoms with Crippen LogP contribution < -0.4 is 26.6 Å². The van der Waals surface area contributed by atoms with Gasteiger partial charge in [0, 0.05) is 49.2 Å². The molecule has 3 aliphatic heterocycles. The number of benzene rings is 2. The summed E-state index contributed by atoms with van der Waals surface area (Å²) in [5, 5.41) is 25.7. The highest BCUT2D eigenvalue weighted by Gasteiger charge is 2.39. The number of hydrogen-bond acceptors (Lipinski definition) is 10. The Hall–Kier alpha value is -4.75. The second-order valence-corrected chi connectivity index (χ2v) is 18.1. The number of aliphatic hydroxyl groups excluding tert-OH is 1. The number of ether oxygens (including phenoxy) is 2. The van der Waals surface area contributed by atoms with Gasteiger partial charge in [0.25, 0.3) is 0 Å². The monoisotopic (exact) mass is 787 g/mol. The number of alkyl carbamates (subject to hydrolysis) is 1. The van der Waals surface area contributed by atoms with Crippen LogP contribution in [0.3, 0.4) is 0 Å². The molecule has 4 amide bonds. The van der Waals surface area contributed by atoms with E-state index in [0.29, 0.717) is 25.2 Å². The number of carbonyl (C=O) groups excluding carboxylic acids is 4. The van der Waals surface area contributed by atoms with Crippen LogP contribution in [-0.4, -0.2) is 111 Å². The van der Waals surface area contributed by atoms with E-state index in [-0.39, 0.29) is 53.6 Å². The van der Waals surface area contributed by atoms with E-state index in [9.17, 15) is 24.3 Å². The Bertz CT molecular complexity index is 1860. The first-order valence-electron chi connectivity index (χ1n) is 19.4. The Kier molecular flexibility index (Phi) is 14.3. The number of amides is 4. The summed E-state index contributed by atoms with van der Waals surface area (Å²) in [4.78, 5) is 55.8. The van der Waals surface area contributed by atoms with Gasteiger partial charge in [0.2, 0.25) is 24.1 Å². The summed E-state index contributed by atoms with van der Waals surface area (Å²) in [6, 6.07) is 12.1. The second-order valence-electron chi connectivity index (χ2n) is 15.5. The second kappa shape index (κ2) is 18.9. The summed E-state index contributed by atoms with van der Waals surface area (Å²) < 4.78 is 9.71. The SMILES string of the molecule is COC(=O)NC(C(=O)N1CCC(C(=O)Nc2ccc(C#Cc3ccc4c(c3)NC(=[Si](C)C3CCCN3C(=O)C(NC(O)OC)C(C)C)N4)cc2)C1)C(C)C(C)C. The molecule has 0 spiro atoms. The predicted molar refractivity (Wildman–Crippen MR) is 219 cm³/mol. The van der Waals surface area contributed by atoms with Gasteiger partial charge >= 0.3 is 6.09 Å². The van der Waals surface area contributed by atoms with Crippen LogP contribution in [0, 0.1) is 35.5 Å². The van der Waals surface area contributed by atoms with Crippen molar-refractivity contribution in [2.45, 2.75) is 84.6 Å². The van der Waals surface area contributed by atoms with Crippen molar-refractivity contribution in [3.8, 4) is 11.8 Å². The molecule has 14 nitrogen and oxygen atoms in total. The number of anilines is 3. The minimum Gasteiger partial charge on any atom is -0.453 e. The van der Waals surface area contributed by atoms with Crippen molar-refractivity contribution in [3.63, 3.8) is 0 Å². The van der Waals surface area contributed by atoms with Gasteiger partial charge in [-0.3, -0.25) is 19.7 Å². The van der Waals surface area contributed by atoms with E-state index >= 15 is 0 Å². The van der Waals surface area contributed by atoms with Crippen molar-refractivity contribution < 1.29 is 33.8 Å². The maximum Gasteiger partial charge on any atom is 0.407 e. The minimum absolute atomic E-state index is 0.0155.